The second-order valence-electron chi connectivity index (χ2n) is 5.00. The Balaban J connectivity index is 2.10. The zero-order valence-corrected chi connectivity index (χ0v) is 12.7. The molecule has 0 radical (unpaired) electrons. The highest BCUT2D eigenvalue weighted by Crippen LogP contribution is 2.33. The van der Waals surface area contributed by atoms with Crippen molar-refractivity contribution >= 4 is 34.3 Å². The van der Waals surface area contributed by atoms with Gasteiger partial charge in [-0.3, -0.25) is 0 Å². The smallest absolute Gasteiger partial charge is 0.101 e. The Labute approximate surface area is 136 Å². The first kappa shape index (κ1) is 13.7. The number of nitrogens with zero attached hydrogens (tertiary/aromatic N) is 2. The van der Waals surface area contributed by atoms with Crippen LogP contribution in [0.2, 0.25) is 0 Å². The predicted molar refractivity (Wildman–Crippen MR) is 92.1 cm³/mol. The number of furan rings is 2. The van der Waals surface area contributed by atoms with Crippen LogP contribution in [-0.4, -0.2) is 15.3 Å². The summed E-state index contributed by atoms with van der Waals surface area (Å²) in [6, 6.07) is 7.30. The van der Waals surface area contributed by atoms with Gasteiger partial charge < -0.3 is 14.6 Å². The van der Waals surface area contributed by atoms with Gasteiger partial charge >= 0.3 is 0 Å². The maximum absolute atomic E-state index is 6.00. The van der Waals surface area contributed by atoms with Gasteiger partial charge in [-0.25, -0.2) is 9.97 Å². The third-order valence-electron chi connectivity index (χ3n) is 3.62. The van der Waals surface area contributed by atoms with E-state index in [1.165, 1.54) is 5.37 Å². The van der Waals surface area contributed by atoms with Gasteiger partial charge in [0.05, 0.1) is 36.1 Å². The van der Waals surface area contributed by atoms with Gasteiger partial charge in [-0.1, -0.05) is 12.2 Å². The number of nitrogens with two attached hydrogens (primary N) is 1. The number of hydrogen-bond donors (Lipinski definition) is 1. The van der Waals surface area contributed by atoms with Crippen LogP contribution in [0, 0.1) is 0 Å². The monoisotopic (exact) mass is 321 g/mol. The Morgan fingerprint density at radius 3 is 2.13 bits per heavy atom. The fourth-order valence-electron chi connectivity index (χ4n) is 2.48. The number of hydrogen-bond acceptors (Lipinski definition) is 6. The molecular formula is C17H11N3O2S. The highest BCUT2D eigenvalue weighted by atomic mass is 32.1. The predicted octanol–water partition coefficient (Wildman–Crippen LogP) is 4.08. The second-order valence-corrected chi connectivity index (χ2v) is 5.23. The van der Waals surface area contributed by atoms with Crippen LogP contribution in [0.4, 0.5) is 5.69 Å². The van der Waals surface area contributed by atoms with Crippen LogP contribution >= 0.6 is 12.2 Å². The lowest BCUT2D eigenvalue weighted by Gasteiger charge is -2.10. The standard InChI is InChI=1S/C17H11N3O2S/c18-13-1-2-14-17(12(13)9-23)20-16(11-4-6-22-8-11)15(19-14)10-3-5-21-7-10/h1-9H,18H2. The van der Waals surface area contributed by atoms with E-state index in [1.54, 1.807) is 31.1 Å². The molecule has 0 aliphatic rings. The Morgan fingerprint density at radius 2 is 1.57 bits per heavy atom. The van der Waals surface area contributed by atoms with Crippen molar-refractivity contribution < 1.29 is 8.83 Å². The number of nitrogen functional groups attached to an aromatic ring is 1. The summed E-state index contributed by atoms with van der Waals surface area (Å²) in [6.45, 7) is 0. The van der Waals surface area contributed by atoms with E-state index in [4.69, 9.17) is 36.8 Å². The third-order valence-corrected chi connectivity index (χ3v) is 3.85. The van der Waals surface area contributed by atoms with Gasteiger partial charge in [0.15, 0.2) is 0 Å². The minimum atomic E-state index is 0.580. The van der Waals surface area contributed by atoms with Crippen molar-refractivity contribution in [1.82, 2.24) is 9.97 Å². The molecule has 0 amide bonds. The minimum Gasteiger partial charge on any atom is -0.472 e. The molecule has 0 spiro atoms. The van der Waals surface area contributed by atoms with Crippen LogP contribution in [0.3, 0.4) is 0 Å². The fraction of sp³-hybridized carbons (Fsp3) is 0. The molecule has 2 N–H and O–H groups in total. The number of benzene rings is 1. The first-order valence-corrected chi connectivity index (χ1v) is 7.35. The number of thiocarbonyl (C=S) groups is 1. The third kappa shape index (κ3) is 2.20. The molecule has 5 nitrogen and oxygen atoms in total. The molecule has 3 heterocycles. The molecule has 0 saturated carbocycles. The van der Waals surface area contributed by atoms with E-state index in [9.17, 15) is 0 Å². The molecule has 4 rings (SSSR count). The van der Waals surface area contributed by atoms with Crippen molar-refractivity contribution in [1.29, 1.82) is 0 Å². The van der Waals surface area contributed by atoms with Crippen molar-refractivity contribution in [3.8, 4) is 22.5 Å². The van der Waals surface area contributed by atoms with Gasteiger partial charge in [0.2, 0.25) is 0 Å². The molecule has 4 aromatic rings. The van der Waals surface area contributed by atoms with E-state index in [0.29, 0.717) is 28.2 Å². The molecule has 0 fully saturated rings. The van der Waals surface area contributed by atoms with Crippen LogP contribution in [-0.2, 0) is 0 Å². The molecule has 0 saturated heterocycles. The van der Waals surface area contributed by atoms with E-state index in [0.717, 1.165) is 16.6 Å². The average molecular weight is 321 g/mol. The van der Waals surface area contributed by atoms with E-state index in [1.807, 2.05) is 18.2 Å². The highest BCUT2D eigenvalue weighted by molar-refractivity contribution is 7.79. The van der Waals surface area contributed by atoms with Gasteiger partial charge in [-0.15, -0.1) is 0 Å². The lowest BCUT2D eigenvalue weighted by atomic mass is 10.1. The summed E-state index contributed by atoms with van der Waals surface area (Å²) < 4.78 is 10.4. The molecule has 3 aromatic heterocycles. The molecule has 1 aromatic carbocycles. The van der Waals surface area contributed by atoms with E-state index in [2.05, 4.69) is 0 Å². The van der Waals surface area contributed by atoms with E-state index >= 15 is 0 Å². The summed E-state index contributed by atoms with van der Waals surface area (Å²) in [5.74, 6) is 0. The number of aromatic nitrogens is 2. The molecule has 112 valence electrons. The van der Waals surface area contributed by atoms with Gasteiger partial charge in [-0.05, 0) is 24.3 Å². The molecule has 0 unspecified atom stereocenters. The molecular weight excluding hydrogens is 310 g/mol. The zero-order valence-electron chi connectivity index (χ0n) is 11.9. The van der Waals surface area contributed by atoms with Crippen molar-refractivity contribution in [2.45, 2.75) is 0 Å². The molecule has 0 aliphatic heterocycles. The van der Waals surface area contributed by atoms with Crippen LogP contribution in [0.25, 0.3) is 33.5 Å². The SMILES string of the molecule is Nc1ccc2nc(-c3ccoc3)c(-c3ccoc3)nc2c1C=S. The Bertz CT molecular complexity index is 993. The number of rotatable bonds is 3. The number of fused-ring (bicyclic) bond motifs is 1. The molecule has 0 aliphatic carbocycles. The van der Waals surface area contributed by atoms with Gasteiger partial charge in [0.1, 0.15) is 11.4 Å². The average Bonchev–Trinajstić information content (AvgIpc) is 3.27. The number of anilines is 1. The summed E-state index contributed by atoms with van der Waals surface area (Å²) in [5.41, 5.74) is 11.7. The normalized spacial score (nSPS) is 11.0. The lowest BCUT2D eigenvalue weighted by Crippen LogP contribution is -2.00. The molecule has 0 bridgehead atoms. The second kappa shape index (κ2) is 5.33. The first-order chi connectivity index (χ1) is 11.3. The summed E-state index contributed by atoms with van der Waals surface area (Å²) in [5, 5.41) is 1.53. The van der Waals surface area contributed by atoms with Crippen molar-refractivity contribution in [3.63, 3.8) is 0 Å². The largest absolute Gasteiger partial charge is 0.472 e. The summed E-state index contributed by atoms with van der Waals surface area (Å²) in [4.78, 5) is 9.50. The van der Waals surface area contributed by atoms with Crippen molar-refractivity contribution in [2.75, 3.05) is 5.73 Å². The quantitative estimate of drug-likeness (QED) is 0.452. The summed E-state index contributed by atoms with van der Waals surface area (Å²) >= 11 is 5.08. The summed E-state index contributed by atoms with van der Waals surface area (Å²) in [6.07, 6.45) is 6.46. The molecule has 23 heavy (non-hydrogen) atoms. The maximum atomic E-state index is 6.00. The van der Waals surface area contributed by atoms with Crippen LogP contribution < -0.4 is 5.73 Å². The Morgan fingerprint density at radius 1 is 0.913 bits per heavy atom. The fourth-order valence-corrected chi connectivity index (χ4v) is 2.73. The van der Waals surface area contributed by atoms with E-state index < -0.39 is 0 Å². The molecule has 6 heteroatoms. The van der Waals surface area contributed by atoms with Crippen LogP contribution in [0.15, 0.2) is 58.2 Å². The summed E-state index contributed by atoms with van der Waals surface area (Å²) in [7, 11) is 0. The van der Waals surface area contributed by atoms with Gasteiger partial charge in [-0.2, -0.15) is 0 Å². The highest BCUT2D eigenvalue weighted by Gasteiger charge is 2.16. The Kier molecular flexibility index (Phi) is 3.17. The zero-order chi connectivity index (χ0) is 15.8. The van der Waals surface area contributed by atoms with Gasteiger partial charge in [0.25, 0.3) is 0 Å². The topological polar surface area (TPSA) is 78.1 Å². The lowest BCUT2D eigenvalue weighted by molar-refractivity contribution is 0.567. The van der Waals surface area contributed by atoms with Crippen molar-refractivity contribution in [2.24, 2.45) is 0 Å². The first-order valence-electron chi connectivity index (χ1n) is 6.88. The van der Waals surface area contributed by atoms with Crippen LogP contribution in [0.1, 0.15) is 5.56 Å². The van der Waals surface area contributed by atoms with Crippen molar-refractivity contribution in [3.05, 3.63) is 54.9 Å². The molecule has 0 atom stereocenters. The van der Waals surface area contributed by atoms with Crippen LogP contribution in [0.5, 0.6) is 0 Å². The Hall–Kier alpha value is -2.99. The van der Waals surface area contributed by atoms with E-state index in [-0.39, 0.29) is 0 Å². The minimum absolute atomic E-state index is 0.580. The maximum Gasteiger partial charge on any atom is 0.101 e. The van der Waals surface area contributed by atoms with Gasteiger partial charge in [0, 0.05) is 27.7 Å².